The van der Waals surface area contributed by atoms with Gasteiger partial charge in [0.25, 0.3) is 0 Å². The topological polar surface area (TPSA) is 577 Å². The summed E-state index contributed by atoms with van der Waals surface area (Å²) in [6, 6.07) is 0. The minimum absolute atomic E-state index is 0.0325. The van der Waals surface area contributed by atoms with Gasteiger partial charge >= 0.3 is 11.9 Å². The molecule has 11 fully saturated rings. The summed E-state index contributed by atoms with van der Waals surface area (Å²) in [5.74, 6) is -2.81. The van der Waals surface area contributed by atoms with E-state index in [1.807, 2.05) is 0 Å². The zero-order valence-corrected chi connectivity index (χ0v) is 66.3. The van der Waals surface area contributed by atoms with Crippen molar-refractivity contribution in [3.63, 3.8) is 0 Å². The largest absolute Gasteiger partial charge is 0.459 e. The lowest BCUT2D eigenvalue weighted by Gasteiger charge is -2.71. The van der Waals surface area contributed by atoms with Gasteiger partial charge in [-0.2, -0.15) is 0 Å². The predicted octanol–water partition coefficient (Wildman–Crippen LogP) is -4.82. The van der Waals surface area contributed by atoms with E-state index in [9.17, 15) is 107 Å². The van der Waals surface area contributed by atoms with Gasteiger partial charge in [-0.05, 0) is 129 Å². The molecule has 7 aliphatic heterocycles. The smallest absolute Gasteiger partial charge is 0.336 e. The van der Waals surface area contributed by atoms with E-state index in [-0.39, 0.29) is 43.1 Å². The summed E-state index contributed by atoms with van der Waals surface area (Å²) in [4.78, 5) is 29.7. The Labute approximate surface area is 666 Å². The Morgan fingerprint density at radius 1 is 0.539 bits per heavy atom. The van der Waals surface area contributed by atoms with Crippen LogP contribution in [0, 0.1) is 50.2 Å². The SMILES string of the molecule is C=CC(C)(O)CC/C=C(\CO)C(=O)OC[C@H]1O[C@@H](OC(=O)[C@]23CCC(C)(C)C[C@H]2C2=CC[C@@H]4[C@@]5(C)CC[C@H](O[C@@H]6O[C@H](CO[C@@H]7OC[C@H](O)[C@H](O)[C@H]7O[C@@H]7OC[C@@H](O)[C@H](O)[C@H]7O)[C@@H](O)[C@H](O)[C@H]6O)C(C)(C)C5CC[C@@]4(C)[C@]2(C)C[C@H]3O)[C@H](O[C@@H]2O[C@@H](C)[C@H](O[C@@H]3OC[C@@H](O)[C@H](O[C@@H]4OC[C@@H](O)[C@H](O)[C@H]4O)[C@H]3O)[C@@H](O)[C@H]2O)[C@@H](O)[C@@H]1O. The zero-order chi connectivity index (χ0) is 84.0. The number of carbonyl (C=O) groups excluding carboxylic acids is 2. The number of hydrogen-bond donors (Lipinski definition) is 20. The molecule has 7 heterocycles. The second kappa shape index (κ2) is 35.2. The Hall–Kier alpha value is -3.16. The summed E-state index contributed by atoms with van der Waals surface area (Å²) in [5, 5.41) is 222. The van der Waals surface area contributed by atoms with Crippen LogP contribution in [0.25, 0.3) is 0 Å². The van der Waals surface area contributed by atoms with Crippen molar-refractivity contribution in [2.24, 2.45) is 50.2 Å². The first kappa shape index (κ1) is 91.1. The predicted molar refractivity (Wildman–Crippen MR) is 386 cm³/mol. The van der Waals surface area contributed by atoms with Crippen molar-refractivity contribution in [2.45, 2.75) is 341 Å². The van der Waals surface area contributed by atoms with Gasteiger partial charge in [0.2, 0.25) is 6.29 Å². The number of carbonyl (C=O) groups is 2. The van der Waals surface area contributed by atoms with Gasteiger partial charge in [-0.3, -0.25) is 4.79 Å². The maximum atomic E-state index is 16.1. The molecular weight excluding hydrogens is 1530 g/mol. The van der Waals surface area contributed by atoms with E-state index in [0.29, 0.717) is 44.9 Å². The van der Waals surface area contributed by atoms with Crippen molar-refractivity contribution < 1.29 is 183 Å². The minimum Gasteiger partial charge on any atom is -0.459 e. The number of aliphatic hydroxyl groups is 20. The number of rotatable bonds is 23. The molecule has 12 aliphatic rings. The molecule has 2 unspecified atom stereocenters. The molecule has 0 aromatic carbocycles. The number of hydrogen-bond acceptors (Lipinski definition) is 37. The molecule has 4 saturated carbocycles. The summed E-state index contributed by atoms with van der Waals surface area (Å²) in [5.41, 5.74) is -5.11. The van der Waals surface area contributed by atoms with Crippen molar-refractivity contribution in [3.8, 4) is 0 Å². The Morgan fingerprint density at radius 3 is 1.70 bits per heavy atom. The molecule has 7 saturated heterocycles. The average Bonchev–Trinajstić information content (AvgIpc) is 0.670. The fraction of sp³-hybridized carbons (Fsp3) is 0.897. The lowest BCUT2D eigenvalue weighted by atomic mass is 9.33. The monoisotopic (exact) mass is 1650 g/mol. The summed E-state index contributed by atoms with van der Waals surface area (Å²) in [6.45, 7) is 17.5. The minimum atomic E-state index is -2.15. The van der Waals surface area contributed by atoms with Crippen LogP contribution in [0.4, 0.5) is 0 Å². The highest BCUT2D eigenvalue weighted by Crippen LogP contribution is 2.76. The van der Waals surface area contributed by atoms with Crippen LogP contribution in [0.3, 0.4) is 0 Å². The van der Waals surface area contributed by atoms with Crippen LogP contribution < -0.4 is 0 Å². The van der Waals surface area contributed by atoms with Gasteiger partial charge in [0.15, 0.2) is 43.8 Å². The van der Waals surface area contributed by atoms with E-state index in [2.05, 4.69) is 61.1 Å². The molecular formula is C78H124O37. The van der Waals surface area contributed by atoms with E-state index >= 15 is 4.79 Å². The molecule has 0 aromatic rings. The molecule has 115 heavy (non-hydrogen) atoms. The molecule has 658 valence electrons. The number of aliphatic hydroxyl groups excluding tert-OH is 19. The first-order valence-corrected chi connectivity index (χ1v) is 40.2. The molecule has 37 nitrogen and oxygen atoms in total. The first-order chi connectivity index (χ1) is 53.9. The highest BCUT2D eigenvalue weighted by atomic mass is 16.8. The van der Waals surface area contributed by atoms with Crippen LogP contribution in [-0.4, -0.2) is 369 Å². The Morgan fingerprint density at radius 2 is 1.06 bits per heavy atom. The summed E-state index contributed by atoms with van der Waals surface area (Å²) >= 11 is 0. The van der Waals surface area contributed by atoms with E-state index in [1.165, 1.54) is 26.0 Å². The molecule has 0 radical (unpaired) electrons. The zero-order valence-electron chi connectivity index (χ0n) is 66.3. The average molecular weight is 1650 g/mol. The Kier molecular flexibility index (Phi) is 27.9. The summed E-state index contributed by atoms with van der Waals surface area (Å²) in [7, 11) is 0. The quantitative estimate of drug-likeness (QED) is 0.0197. The van der Waals surface area contributed by atoms with Crippen molar-refractivity contribution in [1.82, 2.24) is 0 Å². The first-order valence-electron chi connectivity index (χ1n) is 40.2. The molecule has 5 aliphatic carbocycles. The molecule has 12 rings (SSSR count). The van der Waals surface area contributed by atoms with Crippen LogP contribution in [-0.2, 0) is 80.6 Å². The lowest BCUT2D eigenvalue weighted by Crippen LogP contribution is -2.69. The lowest BCUT2D eigenvalue weighted by molar-refractivity contribution is -0.379. The highest BCUT2D eigenvalue weighted by molar-refractivity contribution is 5.88. The molecule has 0 amide bonds. The molecule has 41 atom stereocenters. The fourth-order valence-corrected chi connectivity index (χ4v) is 20.9. The second-order valence-corrected chi connectivity index (χ2v) is 36.4. The van der Waals surface area contributed by atoms with E-state index in [4.69, 9.17) is 71.1 Å². The number of esters is 2. The van der Waals surface area contributed by atoms with Gasteiger partial charge in [0.1, 0.15) is 146 Å². The Bertz CT molecular complexity index is 3380. The van der Waals surface area contributed by atoms with Crippen LogP contribution in [0.1, 0.15) is 133 Å². The van der Waals surface area contributed by atoms with Gasteiger partial charge in [-0.1, -0.05) is 72.3 Å². The van der Waals surface area contributed by atoms with Crippen molar-refractivity contribution in [1.29, 1.82) is 0 Å². The number of fused-ring (bicyclic) bond motifs is 7. The van der Waals surface area contributed by atoms with E-state index in [0.717, 1.165) is 5.57 Å². The molecule has 0 spiro atoms. The highest BCUT2D eigenvalue weighted by Gasteiger charge is 2.73. The van der Waals surface area contributed by atoms with Gasteiger partial charge in [-0.25, -0.2) is 4.79 Å². The Balaban J connectivity index is 0.764. The van der Waals surface area contributed by atoms with Crippen LogP contribution in [0.2, 0.25) is 0 Å². The molecule has 37 heteroatoms. The van der Waals surface area contributed by atoms with E-state index < -0.39 is 305 Å². The van der Waals surface area contributed by atoms with Crippen LogP contribution in [0.15, 0.2) is 36.0 Å². The number of allylic oxidation sites excluding steroid dienone is 3. The third-order valence-corrected chi connectivity index (χ3v) is 28.3. The second-order valence-electron chi connectivity index (χ2n) is 36.4. The van der Waals surface area contributed by atoms with Gasteiger partial charge < -0.3 is 173 Å². The summed E-state index contributed by atoms with van der Waals surface area (Å²) < 4.78 is 89.2. The maximum absolute atomic E-state index is 16.1. The summed E-state index contributed by atoms with van der Waals surface area (Å²) in [6.07, 6.45) is -46.4. The normalized spacial score (nSPS) is 50.5. The maximum Gasteiger partial charge on any atom is 0.336 e. The third-order valence-electron chi connectivity index (χ3n) is 28.3. The fourth-order valence-electron chi connectivity index (χ4n) is 20.9. The van der Waals surface area contributed by atoms with Crippen molar-refractivity contribution >= 4 is 11.9 Å². The van der Waals surface area contributed by atoms with Crippen molar-refractivity contribution in [3.05, 3.63) is 36.0 Å². The van der Waals surface area contributed by atoms with Gasteiger partial charge in [0, 0.05) is 0 Å². The molecule has 20 N–H and O–H groups in total. The van der Waals surface area contributed by atoms with Gasteiger partial charge in [-0.15, -0.1) is 6.58 Å². The molecule has 0 aromatic heterocycles. The van der Waals surface area contributed by atoms with E-state index in [1.54, 1.807) is 0 Å². The molecule has 0 bridgehead atoms. The van der Waals surface area contributed by atoms with Gasteiger partial charge in [0.05, 0.1) is 69.1 Å². The standard InChI is InChI=1S/C78H124O37/c1-11-74(7,100)18-12-13-33(25-79)63(98)101-30-40-50(89)52(91)62(114-67-57(96)53(92)59(32(2)107-67)111-66-58(97)60(39(83)29-104-66)112-64-54(93)46(85)36(80)26-102-64)70(109-40)115-71(99)78-22-21-72(3,4)23-35(78)34-14-15-43-75(8)19-17-45(73(5,6)42(75)16-20-76(43,9)77(34,10)24-44(78)84)110-68-56(95)51(90)49(88)41(108-68)31-106-69-61(48(87)38(82)28-105-69)113-65-55(94)47(86)37(81)27-103-65/h11,13-14,32,35-62,64-70,79-97,100H,1,12,15-31H2,2-10H3/b33-13+/t32-,35-,36+,37+,38-,39+,40+,41+,42?,43+,44+,45-,46-,47-,48-,49+,50+,51-,52-,53-,54+,55+,56+,57+,58+,59-,60-,61+,62+,64-,65-,66-,67-,68-,69-,70-,74?,75-,76+,77+,78+/m0/s1. The third kappa shape index (κ3) is 17.3. The van der Waals surface area contributed by atoms with Crippen LogP contribution in [0.5, 0.6) is 0 Å². The van der Waals surface area contributed by atoms with Crippen LogP contribution >= 0.6 is 0 Å². The number of ether oxygens (including phenoxy) is 15. The van der Waals surface area contributed by atoms with Crippen molar-refractivity contribution in [2.75, 3.05) is 46.2 Å².